The molecule has 1 aromatic heterocycles. The minimum absolute atomic E-state index is 0. The van der Waals surface area contributed by atoms with Crippen molar-refractivity contribution in [2.24, 2.45) is 0 Å². The summed E-state index contributed by atoms with van der Waals surface area (Å²) < 4.78 is 16.7. The molecule has 0 amide bonds. The van der Waals surface area contributed by atoms with E-state index in [9.17, 15) is 0 Å². The van der Waals surface area contributed by atoms with E-state index in [1.165, 1.54) is 5.56 Å². The molecule has 0 radical (unpaired) electrons. The largest absolute Gasteiger partial charge is 0.486 e. The van der Waals surface area contributed by atoms with Crippen molar-refractivity contribution in [3.8, 4) is 11.5 Å². The molecule has 2 aliphatic heterocycles. The highest BCUT2D eigenvalue weighted by Crippen LogP contribution is 2.35. The van der Waals surface area contributed by atoms with E-state index in [0.717, 1.165) is 66.0 Å². The Kier molecular flexibility index (Phi) is 6.28. The number of morpholine rings is 1. The fourth-order valence-corrected chi connectivity index (χ4v) is 4.03. The van der Waals surface area contributed by atoms with Crippen LogP contribution in [0.4, 0.5) is 0 Å². The summed E-state index contributed by atoms with van der Waals surface area (Å²) in [6.45, 7) is 8.19. The first kappa shape index (κ1) is 18.6. The maximum atomic E-state index is 5.67. The van der Waals surface area contributed by atoms with Crippen LogP contribution in [0.1, 0.15) is 5.56 Å². The van der Waals surface area contributed by atoms with Crippen LogP contribution in [0, 0.1) is 6.92 Å². The van der Waals surface area contributed by atoms with Gasteiger partial charge in [0.25, 0.3) is 0 Å². The van der Waals surface area contributed by atoms with Crippen LogP contribution in [-0.2, 0) is 4.74 Å². The molecule has 3 heterocycles. The zero-order valence-electron chi connectivity index (χ0n) is 14.3. The number of aryl methyl sites for hydroxylation is 1. The molecule has 0 saturated carbocycles. The number of hydrogen-bond acceptors (Lipinski definition) is 6. The second-order valence-corrected chi connectivity index (χ2v) is 7.19. The van der Waals surface area contributed by atoms with Crippen LogP contribution in [0.25, 0.3) is 10.9 Å². The normalized spacial score (nSPS) is 17.3. The average molecular weight is 383 g/mol. The van der Waals surface area contributed by atoms with Crippen molar-refractivity contribution >= 4 is 35.1 Å². The molecule has 1 fully saturated rings. The van der Waals surface area contributed by atoms with Gasteiger partial charge in [0.1, 0.15) is 13.2 Å². The van der Waals surface area contributed by atoms with Crippen molar-refractivity contribution < 1.29 is 14.2 Å². The van der Waals surface area contributed by atoms with E-state index in [0.29, 0.717) is 13.2 Å². The number of hydrogen-bond donors (Lipinski definition) is 0. The summed E-state index contributed by atoms with van der Waals surface area (Å²) in [5, 5.41) is 2.21. The number of ether oxygens (including phenoxy) is 3. The number of aromatic nitrogens is 1. The Labute approximate surface area is 158 Å². The van der Waals surface area contributed by atoms with E-state index in [2.05, 4.69) is 17.9 Å². The van der Waals surface area contributed by atoms with Crippen molar-refractivity contribution in [2.75, 3.05) is 51.8 Å². The van der Waals surface area contributed by atoms with Gasteiger partial charge in [0.2, 0.25) is 0 Å². The molecule has 136 valence electrons. The zero-order valence-corrected chi connectivity index (χ0v) is 16.0. The van der Waals surface area contributed by atoms with Gasteiger partial charge in [0, 0.05) is 36.8 Å². The predicted molar refractivity (Wildman–Crippen MR) is 103 cm³/mol. The quantitative estimate of drug-likeness (QED) is 0.757. The second kappa shape index (κ2) is 8.45. The minimum atomic E-state index is 0. The fraction of sp³-hybridized carbons (Fsp3) is 0.500. The van der Waals surface area contributed by atoms with Gasteiger partial charge in [-0.15, -0.1) is 24.2 Å². The van der Waals surface area contributed by atoms with Crippen molar-refractivity contribution in [1.29, 1.82) is 0 Å². The lowest BCUT2D eigenvalue weighted by Gasteiger charge is -2.26. The predicted octanol–water partition coefficient (Wildman–Crippen LogP) is 3.16. The SMILES string of the molecule is Cc1cc2cc3c(cc2nc1SCCN1CCOCC1)OCCO3.Cl. The summed E-state index contributed by atoms with van der Waals surface area (Å²) in [5.74, 6) is 2.67. The van der Waals surface area contributed by atoms with Gasteiger partial charge in [-0.25, -0.2) is 4.98 Å². The zero-order chi connectivity index (χ0) is 16.4. The molecule has 1 aromatic carbocycles. The Balaban J connectivity index is 0.00000182. The van der Waals surface area contributed by atoms with Crippen molar-refractivity contribution in [3.05, 3.63) is 23.8 Å². The summed E-state index contributed by atoms with van der Waals surface area (Å²) >= 11 is 1.83. The molecule has 2 aliphatic rings. The minimum Gasteiger partial charge on any atom is -0.486 e. The number of pyridine rings is 1. The molecule has 0 bridgehead atoms. The van der Waals surface area contributed by atoms with Crippen LogP contribution in [0.2, 0.25) is 0 Å². The molecular weight excluding hydrogens is 360 g/mol. The smallest absolute Gasteiger partial charge is 0.163 e. The monoisotopic (exact) mass is 382 g/mol. The maximum absolute atomic E-state index is 5.67. The number of rotatable bonds is 4. The Morgan fingerprint density at radius 1 is 1.04 bits per heavy atom. The van der Waals surface area contributed by atoms with E-state index in [4.69, 9.17) is 19.2 Å². The Morgan fingerprint density at radius 3 is 2.52 bits per heavy atom. The molecule has 0 unspecified atom stereocenters. The van der Waals surface area contributed by atoms with Gasteiger partial charge < -0.3 is 14.2 Å². The highest BCUT2D eigenvalue weighted by molar-refractivity contribution is 7.99. The molecule has 25 heavy (non-hydrogen) atoms. The Hall–Kier alpha value is -1.21. The number of halogens is 1. The van der Waals surface area contributed by atoms with E-state index in [1.807, 2.05) is 23.9 Å². The number of benzene rings is 1. The van der Waals surface area contributed by atoms with Gasteiger partial charge in [0.15, 0.2) is 11.5 Å². The molecule has 4 rings (SSSR count). The molecule has 0 spiro atoms. The van der Waals surface area contributed by atoms with Crippen molar-refractivity contribution in [1.82, 2.24) is 9.88 Å². The molecule has 7 heteroatoms. The van der Waals surface area contributed by atoms with Crippen molar-refractivity contribution in [2.45, 2.75) is 11.9 Å². The summed E-state index contributed by atoms with van der Waals surface area (Å²) in [7, 11) is 0. The summed E-state index contributed by atoms with van der Waals surface area (Å²) in [4.78, 5) is 7.30. The van der Waals surface area contributed by atoms with E-state index >= 15 is 0 Å². The fourth-order valence-electron chi connectivity index (χ4n) is 3.04. The van der Waals surface area contributed by atoms with Gasteiger partial charge in [-0.05, 0) is 24.6 Å². The standard InChI is InChI=1S/C18H22N2O3S.ClH/c1-13-10-14-11-16-17(23-8-7-22-16)12-15(14)19-18(13)24-9-4-20-2-5-21-6-3-20;/h10-12H,2-9H2,1H3;1H. The highest BCUT2D eigenvalue weighted by Gasteiger charge is 2.15. The Bertz CT molecular complexity index is 738. The number of fused-ring (bicyclic) bond motifs is 2. The first-order valence-electron chi connectivity index (χ1n) is 8.43. The van der Waals surface area contributed by atoms with E-state index < -0.39 is 0 Å². The lowest BCUT2D eigenvalue weighted by atomic mass is 10.1. The average Bonchev–Trinajstić information content (AvgIpc) is 2.61. The lowest BCUT2D eigenvalue weighted by molar-refractivity contribution is 0.0410. The summed E-state index contributed by atoms with van der Waals surface area (Å²) in [6, 6.07) is 6.22. The first-order chi connectivity index (χ1) is 11.8. The molecule has 1 saturated heterocycles. The molecule has 5 nitrogen and oxygen atoms in total. The third-order valence-electron chi connectivity index (χ3n) is 4.37. The van der Waals surface area contributed by atoms with Gasteiger partial charge >= 0.3 is 0 Å². The second-order valence-electron chi connectivity index (χ2n) is 6.10. The van der Waals surface area contributed by atoms with Gasteiger partial charge in [-0.1, -0.05) is 0 Å². The highest BCUT2D eigenvalue weighted by atomic mass is 35.5. The van der Waals surface area contributed by atoms with Crippen LogP contribution >= 0.6 is 24.2 Å². The number of nitrogens with zero attached hydrogens (tertiary/aromatic N) is 2. The van der Waals surface area contributed by atoms with Crippen LogP contribution < -0.4 is 9.47 Å². The van der Waals surface area contributed by atoms with Gasteiger partial charge in [0.05, 0.1) is 23.8 Å². The van der Waals surface area contributed by atoms with E-state index in [1.54, 1.807) is 0 Å². The molecule has 0 N–H and O–H groups in total. The topological polar surface area (TPSA) is 43.8 Å². The third kappa shape index (κ3) is 4.31. The maximum Gasteiger partial charge on any atom is 0.163 e. The first-order valence-corrected chi connectivity index (χ1v) is 9.42. The molecule has 0 atom stereocenters. The lowest BCUT2D eigenvalue weighted by Crippen LogP contribution is -2.37. The summed E-state index contributed by atoms with van der Waals surface area (Å²) in [5.41, 5.74) is 2.19. The number of thioether (sulfide) groups is 1. The van der Waals surface area contributed by atoms with Crippen LogP contribution in [-0.4, -0.2) is 61.7 Å². The summed E-state index contributed by atoms with van der Waals surface area (Å²) in [6.07, 6.45) is 0. The molecular formula is C18H23ClN2O3S. The van der Waals surface area contributed by atoms with Crippen LogP contribution in [0.3, 0.4) is 0 Å². The molecule has 0 aliphatic carbocycles. The van der Waals surface area contributed by atoms with E-state index in [-0.39, 0.29) is 12.4 Å². The molecule has 2 aromatic rings. The third-order valence-corrected chi connectivity index (χ3v) is 5.45. The van der Waals surface area contributed by atoms with Gasteiger partial charge in [-0.3, -0.25) is 4.90 Å². The Morgan fingerprint density at radius 2 is 1.76 bits per heavy atom. The van der Waals surface area contributed by atoms with Crippen LogP contribution in [0.15, 0.2) is 23.2 Å². The van der Waals surface area contributed by atoms with Gasteiger partial charge in [-0.2, -0.15) is 0 Å². The van der Waals surface area contributed by atoms with Crippen LogP contribution in [0.5, 0.6) is 11.5 Å². The van der Waals surface area contributed by atoms with Crippen molar-refractivity contribution in [3.63, 3.8) is 0 Å².